The van der Waals surface area contributed by atoms with Gasteiger partial charge in [-0.15, -0.1) is 0 Å². The standard InChI is InChI=1S/C10H13NO5/c12-5-8-7(3-10(15)16)6(4-11-8)1-2-9(13)14/h4,11-12H,1-3,5H2,(H,13,14)(H,15,16). The topological polar surface area (TPSA) is 111 Å². The minimum absolute atomic E-state index is 0.0602. The Kier molecular flexibility index (Phi) is 4.07. The lowest BCUT2D eigenvalue weighted by atomic mass is 10.0. The summed E-state index contributed by atoms with van der Waals surface area (Å²) in [6.07, 6.45) is 1.53. The molecule has 0 bridgehead atoms. The summed E-state index contributed by atoms with van der Waals surface area (Å²) in [5.41, 5.74) is 1.55. The van der Waals surface area contributed by atoms with E-state index in [9.17, 15) is 9.59 Å². The van der Waals surface area contributed by atoms with Crippen LogP contribution in [0.2, 0.25) is 0 Å². The van der Waals surface area contributed by atoms with Crippen molar-refractivity contribution in [1.82, 2.24) is 4.98 Å². The summed E-state index contributed by atoms with van der Waals surface area (Å²) in [7, 11) is 0. The van der Waals surface area contributed by atoms with Crippen LogP contribution in [0.4, 0.5) is 0 Å². The van der Waals surface area contributed by atoms with Crippen LogP contribution in [0, 0.1) is 0 Å². The van der Waals surface area contributed by atoms with Crippen LogP contribution < -0.4 is 0 Å². The molecule has 1 aromatic rings. The van der Waals surface area contributed by atoms with Crippen molar-refractivity contribution < 1.29 is 24.9 Å². The minimum Gasteiger partial charge on any atom is -0.481 e. The maximum atomic E-state index is 10.6. The zero-order valence-corrected chi connectivity index (χ0v) is 8.56. The first-order valence-corrected chi connectivity index (χ1v) is 4.77. The van der Waals surface area contributed by atoms with E-state index in [4.69, 9.17) is 15.3 Å². The molecule has 0 amide bonds. The van der Waals surface area contributed by atoms with Crippen molar-refractivity contribution >= 4 is 11.9 Å². The number of carboxylic acid groups (broad SMARTS) is 2. The van der Waals surface area contributed by atoms with Crippen LogP contribution in [0.5, 0.6) is 0 Å². The van der Waals surface area contributed by atoms with Gasteiger partial charge in [-0.1, -0.05) is 0 Å². The fraction of sp³-hybridized carbons (Fsp3) is 0.400. The van der Waals surface area contributed by atoms with Crippen LogP contribution in [0.15, 0.2) is 6.20 Å². The van der Waals surface area contributed by atoms with E-state index in [-0.39, 0.29) is 25.9 Å². The maximum Gasteiger partial charge on any atom is 0.307 e. The van der Waals surface area contributed by atoms with E-state index in [2.05, 4.69) is 4.98 Å². The second-order valence-electron chi connectivity index (χ2n) is 3.39. The highest BCUT2D eigenvalue weighted by molar-refractivity contribution is 5.71. The van der Waals surface area contributed by atoms with Gasteiger partial charge in [0, 0.05) is 18.3 Å². The Hall–Kier alpha value is -1.82. The molecule has 1 aromatic heterocycles. The molecule has 0 radical (unpaired) electrons. The molecule has 16 heavy (non-hydrogen) atoms. The first-order valence-electron chi connectivity index (χ1n) is 4.77. The number of rotatable bonds is 6. The largest absolute Gasteiger partial charge is 0.481 e. The van der Waals surface area contributed by atoms with Crippen LogP contribution >= 0.6 is 0 Å². The molecule has 0 aromatic carbocycles. The van der Waals surface area contributed by atoms with Gasteiger partial charge in [-0.25, -0.2) is 0 Å². The molecule has 6 heteroatoms. The van der Waals surface area contributed by atoms with Crippen LogP contribution in [0.1, 0.15) is 23.2 Å². The number of H-pyrrole nitrogens is 1. The van der Waals surface area contributed by atoms with Gasteiger partial charge in [-0.2, -0.15) is 0 Å². The number of aliphatic carboxylic acids is 2. The van der Waals surface area contributed by atoms with Gasteiger partial charge in [-0.05, 0) is 17.5 Å². The third-order valence-electron chi connectivity index (χ3n) is 2.27. The molecule has 1 heterocycles. The lowest BCUT2D eigenvalue weighted by molar-refractivity contribution is -0.137. The van der Waals surface area contributed by atoms with E-state index < -0.39 is 11.9 Å². The Morgan fingerprint density at radius 2 is 1.94 bits per heavy atom. The number of carbonyl (C=O) groups is 2. The van der Waals surface area contributed by atoms with E-state index in [1.165, 1.54) is 0 Å². The number of nitrogens with one attached hydrogen (secondary N) is 1. The molecule has 0 saturated heterocycles. The molecular formula is C10H13NO5. The van der Waals surface area contributed by atoms with Crippen molar-refractivity contribution in [2.24, 2.45) is 0 Å². The Labute approximate surface area is 91.5 Å². The van der Waals surface area contributed by atoms with Gasteiger partial charge in [0.2, 0.25) is 0 Å². The van der Waals surface area contributed by atoms with E-state index >= 15 is 0 Å². The molecule has 0 spiro atoms. The minimum atomic E-state index is -1.01. The lowest BCUT2D eigenvalue weighted by Crippen LogP contribution is -2.06. The molecule has 0 saturated carbocycles. The number of aromatic nitrogens is 1. The summed E-state index contributed by atoms with van der Waals surface area (Å²) in [4.78, 5) is 23.8. The average molecular weight is 227 g/mol. The van der Waals surface area contributed by atoms with Crippen molar-refractivity contribution in [3.8, 4) is 0 Å². The second-order valence-corrected chi connectivity index (χ2v) is 3.39. The highest BCUT2D eigenvalue weighted by Gasteiger charge is 2.14. The zero-order valence-electron chi connectivity index (χ0n) is 8.56. The lowest BCUT2D eigenvalue weighted by Gasteiger charge is -2.02. The van der Waals surface area contributed by atoms with Crippen LogP contribution in [-0.2, 0) is 29.0 Å². The molecular weight excluding hydrogens is 214 g/mol. The van der Waals surface area contributed by atoms with Gasteiger partial charge in [-0.3, -0.25) is 9.59 Å². The van der Waals surface area contributed by atoms with Crippen molar-refractivity contribution in [3.05, 3.63) is 23.0 Å². The first kappa shape index (κ1) is 12.3. The van der Waals surface area contributed by atoms with Crippen molar-refractivity contribution in [1.29, 1.82) is 0 Å². The third-order valence-corrected chi connectivity index (χ3v) is 2.27. The third kappa shape index (κ3) is 3.09. The number of hydrogen-bond acceptors (Lipinski definition) is 3. The highest BCUT2D eigenvalue weighted by atomic mass is 16.4. The van der Waals surface area contributed by atoms with E-state index in [1.807, 2.05) is 0 Å². The van der Waals surface area contributed by atoms with Gasteiger partial charge >= 0.3 is 11.9 Å². The van der Waals surface area contributed by atoms with Crippen molar-refractivity contribution in [2.45, 2.75) is 25.9 Å². The van der Waals surface area contributed by atoms with Gasteiger partial charge in [0.1, 0.15) is 0 Å². The number of aliphatic hydroxyl groups is 1. The summed E-state index contributed by atoms with van der Waals surface area (Å²) in [6.45, 7) is -0.282. The Morgan fingerprint density at radius 1 is 1.25 bits per heavy atom. The van der Waals surface area contributed by atoms with Gasteiger partial charge in [0.25, 0.3) is 0 Å². The highest BCUT2D eigenvalue weighted by Crippen LogP contribution is 2.17. The summed E-state index contributed by atoms with van der Waals surface area (Å²) in [6, 6.07) is 0. The number of aryl methyl sites for hydroxylation is 1. The Morgan fingerprint density at radius 3 is 2.44 bits per heavy atom. The molecule has 6 nitrogen and oxygen atoms in total. The monoisotopic (exact) mass is 227 g/mol. The molecule has 0 fully saturated rings. The van der Waals surface area contributed by atoms with Crippen molar-refractivity contribution in [2.75, 3.05) is 0 Å². The first-order chi connectivity index (χ1) is 7.54. The van der Waals surface area contributed by atoms with Crippen molar-refractivity contribution in [3.63, 3.8) is 0 Å². The SMILES string of the molecule is O=C(O)CCc1c[nH]c(CO)c1CC(=O)O. The summed E-state index contributed by atoms with van der Waals surface area (Å²) in [5, 5.41) is 26.2. The van der Waals surface area contributed by atoms with E-state index in [0.717, 1.165) is 0 Å². The molecule has 0 aliphatic carbocycles. The molecule has 0 atom stereocenters. The molecule has 0 aliphatic rings. The molecule has 0 unspecified atom stereocenters. The summed E-state index contributed by atoms with van der Waals surface area (Å²) >= 11 is 0. The number of hydrogen-bond donors (Lipinski definition) is 4. The van der Waals surface area contributed by atoms with Gasteiger partial charge in [0.05, 0.1) is 13.0 Å². The van der Waals surface area contributed by atoms with E-state index in [1.54, 1.807) is 6.20 Å². The molecule has 1 rings (SSSR count). The van der Waals surface area contributed by atoms with Crippen LogP contribution in [0.3, 0.4) is 0 Å². The number of aliphatic hydroxyl groups excluding tert-OH is 1. The van der Waals surface area contributed by atoms with Gasteiger partial charge < -0.3 is 20.3 Å². The van der Waals surface area contributed by atoms with Crippen LogP contribution in [-0.4, -0.2) is 32.2 Å². The Balaban J connectivity index is 2.86. The molecule has 4 N–H and O–H groups in total. The summed E-state index contributed by atoms with van der Waals surface area (Å²) < 4.78 is 0. The molecule has 88 valence electrons. The van der Waals surface area contributed by atoms with E-state index in [0.29, 0.717) is 16.8 Å². The number of aromatic amines is 1. The number of carboxylic acids is 2. The molecule has 0 aliphatic heterocycles. The summed E-state index contributed by atoms with van der Waals surface area (Å²) in [5.74, 6) is -1.95. The van der Waals surface area contributed by atoms with Gasteiger partial charge in [0.15, 0.2) is 0 Å². The predicted octanol–water partition coefficient (Wildman–Crippen LogP) is 0.151. The quantitative estimate of drug-likeness (QED) is 0.553. The zero-order chi connectivity index (χ0) is 12.1. The van der Waals surface area contributed by atoms with Crippen LogP contribution in [0.25, 0.3) is 0 Å². The normalized spacial score (nSPS) is 10.3. The smallest absolute Gasteiger partial charge is 0.307 e. The predicted molar refractivity (Wildman–Crippen MR) is 54.0 cm³/mol. The fourth-order valence-corrected chi connectivity index (χ4v) is 1.52. The average Bonchev–Trinajstić information content (AvgIpc) is 2.56. The maximum absolute atomic E-state index is 10.6. The second kappa shape index (κ2) is 5.32. The Bertz CT molecular complexity index is 396. The fourth-order valence-electron chi connectivity index (χ4n) is 1.52.